The molecule has 1 atom stereocenters. The van der Waals surface area contributed by atoms with Gasteiger partial charge in [-0.2, -0.15) is 0 Å². The van der Waals surface area contributed by atoms with Crippen LogP contribution in [0.5, 0.6) is 5.75 Å². The molecule has 0 aliphatic heterocycles. The Kier molecular flexibility index (Phi) is 5.74. The smallest absolute Gasteiger partial charge is 0.336 e. The highest BCUT2D eigenvalue weighted by molar-refractivity contribution is 5.89. The number of methoxy groups -OCH3 is 1. The van der Waals surface area contributed by atoms with Crippen molar-refractivity contribution in [3.05, 3.63) is 76.1 Å². The lowest BCUT2D eigenvalue weighted by Gasteiger charge is -2.16. The Morgan fingerprint density at radius 2 is 1.89 bits per heavy atom. The topological polar surface area (TPSA) is 112 Å². The summed E-state index contributed by atoms with van der Waals surface area (Å²) in [6.07, 6.45) is 0.198. The van der Waals surface area contributed by atoms with E-state index in [0.29, 0.717) is 22.3 Å². The molecule has 3 N–H and O–H groups in total. The van der Waals surface area contributed by atoms with Crippen LogP contribution in [0.2, 0.25) is 0 Å². The number of nitrogens with one attached hydrogen (secondary N) is 1. The van der Waals surface area contributed by atoms with Crippen molar-refractivity contribution in [2.75, 3.05) is 7.11 Å². The van der Waals surface area contributed by atoms with Gasteiger partial charge in [0.05, 0.1) is 13.5 Å². The number of hydrogen-bond donors (Lipinski definition) is 2. The lowest BCUT2D eigenvalue weighted by Crippen LogP contribution is -2.46. The molecule has 7 heteroatoms. The van der Waals surface area contributed by atoms with Crippen molar-refractivity contribution < 1.29 is 18.7 Å². The molecule has 28 heavy (non-hydrogen) atoms. The monoisotopic (exact) mass is 380 g/mol. The molecule has 0 aliphatic rings. The van der Waals surface area contributed by atoms with Crippen molar-refractivity contribution in [2.24, 2.45) is 5.73 Å². The number of amides is 2. The third-order valence-electron chi connectivity index (χ3n) is 4.35. The van der Waals surface area contributed by atoms with E-state index in [1.54, 1.807) is 18.2 Å². The van der Waals surface area contributed by atoms with Gasteiger partial charge in [0, 0.05) is 23.9 Å². The van der Waals surface area contributed by atoms with Gasteiger partial charge in [-0.3, -0.25) is 9.59 Å². The summed E-state index contributed by atoms with van der Waals surface area (Å²) in [6.45, 7) is 0. The van der Waals surface area contributed by atoms with Crippen LogP contribution in [0.1, 0.15) is 11.1 Å². The van der Waals surface area contributed by atoms with E-state index in [2.05, 4.69) is 5.32 Å². The molecule has 3 rings (SSSR count). The van der Waals surface area contributed by atoms with Gasteiger partial charge in [0.1, 0.15) is 17.4 Å². The van der Waals surface area contributed by atoms with Gasteiger partial charge >= 0.3 is 5.63 Å². The molecule has 0 saturated heterocycles. The summed E-state index contributed by atoms with van der Waals surface area (Å²) < 4.78 is 10.3. The van der Waals surface area contributed by atoms with Crippen LogP contribution in [0.4, 0.5) is 0 Å². The average molecular weight is 380 g/mol. The summed E-state index contributed by atoms with van der Waals surface area (Å²) >= 11 is 0. The van der Waals surface area contributed by atoms with Gasteiger partial charge in [0.15, 0.2) is 0 Å². The number of ether oxygens (including phenoxy) is 1. The average Bonchev–Trinajstić information content (AvgIpc) is 2.67. The largest absolute Gasteiger partial charge is 0.497 e. The fourth-order valence-corrected chi connectivity index (χ4v) is 2.98. The third-order valence-corrected chi connectivity index (χ3v) is 4.35. The summed E-state index contributed by atoms with van der Waals surface area (Å²) in [7, 11) is 1.51. The van der Waals surface area contributed by atoms with Crippen molar-refractivity contribution in [1.82, 2.24) is 5.32 Å². The van der Waals surface area contributed by atoms with Crippen LogP contribution in [0, 0.1) is 0 Å². The van der Waals surface area contributed by atoms with Crippen LogP contribution in [-0.4, -0.2) is 25.0 Å². The molecule has 0 aliphatic carbocycles. The highest BCUT2D eigenvalue weighted by Crippen LogP contribution is 2.23. The van der Waals surface area contributed by atoms with Crippen molar-refractivity contribution in [3.8, 4) is 5.75 Å². The van der Waals surface area contributed by atoms with Crippen LogP contribution in [0.25, 0.3) is 11.0 Å². The lowest BCUT2D eigenvalue weighted by molar-refractivity contribution is -0.126. The molecule has 7 nitrogen and oxygen atoms in total. The van der Waals surface area contributed by atoms with Crippen LogP contribution < -0.4 is 21.4 Å². The number of fused-ring (bicyclic) bond motifs is 1. The molecular formula is C21H20N2O5. The molecule has 0 saturated carbocycles. The number of carbonyl (C=O) groups excluding carboxylic acids is 2. The van der Waals surface area contributed by atoms with Gasteiger partial charge in [-0.05, 0) is 23.3 Å². The first kappa shape index (κ1) is 19.2. The fourth-order valence-electron chi connectivity index (χ4n) is 2.98. The maximum atomic E-state index is 12.3. The highest BCUT2D eigenvalue weighted by Gasteiger charge is 2.21. The zero-order chi connectivity index (χ0) is 20.1. The van der Waals surface area contributed by atoms with E-state index in [1.165, 1.54) is 13.2 Å². The van der Waals surface area contributed by atoms with E-state index in [9.17, 15) is 14.4 Å². The van der Waals surface area contributed by atoms with E-state index < -0.39 is 17.6 Å². The van der Waals surface area contributed by atoms with Gasteiger partial charge in [-0.1, -0.05) is 30.3 Å². The second kappa shape index (κ2) is 8.39. The minimum Gasteiger partial charge on any atom is -0.497 e. The Balaban J connectivity index is 1.83. The van der Waals surface area contributed by atoms with E-state index in [0.717, 1.165) is 5.56 Å². The van der Waals surface area contributed by atoms with Crippen molar-refractivity contribution in [3.63, 3.8) is 0 Å². The molecule has 0 radical (unpaired) electrons. The lowest BCUT2D eigenvalue weighted by atomic mass is 10.0. The van der Waals surface area contributed by atoms with Gasteiger partial charge < -0.3 is 20.2 Å². The van der Waals surface area contributed by atoms with Crippen molar-refractivity contribution in [2.45, 2.75) is 18.9 Å². The summed E-state index contributed by atoms with van der Waals surface area (Å²) in [4.78, 5) is 36.1. The van der Waals surface area contributed by atoms with Crippen LogP contribution in [0.3, 0.4) is 0 Å². The Bertz CT molecular complexity index is 1060. The number of rotatable bonds is 7. The predicted octanol–water partition coefficient (Wildman–Crippen LogP) is 1.56. The zero-order valence-electron chi connectivity index (χ0n) is 15.3. The van der Waals surface area contributed by atoms with Gasteiger partial charge in [-0.25, -0.2) is 4.79 Å². The first-order valence-corrected chi connectivity index (χ1v) is 8.69. The Morgan fingerprint density at radius 3 is 2.57 bits per heavy atom. The van der Waals surface area contributed by atoms with Gasteiger partial charge in [-0.15, -0.1) is 0 Å². The summed E-state index contributed by atoms with van der Waals surface area (Å²) in [5.74, 6) is -0.476. The Hall–Kier alpha value is -3.61. The molecule has 3 aromatic rings. The molecule has 0 spiro atoms. The summed E-state index contributed by atoms with van der Waals surface area (Å²) in [6, 6.07) is 14.6. The molecule has 0 bridgehead atoms. The standard InChI is InChI=1S/C21H20N2O5/c1-27-15-7-8-16-14(11-20(25)28-18(16)12-15)10-17(21(22)26)23-19(24)9-13-5-3-2-4-6-13/h2-8,11-12,17H,9-10H2,1H3,(H2,22,26)(H,23,24)/t17-/m0/s1. The minimum absolute atomic E-state index is 0.0737. The Morgan fingerprint density at radius 1 is 1.14 bits per heavy atom. The van der Waals surface area contributed by atoms with E-state index in [1.807, 2.05) is 30.3 Å². The van der Waals surface area contributed by atoms with E-state index >= 15 is 0 Å². The minimum atomic E-state index is -0.955. The fraction of sp³-hybridized carbons (Fsp3) is 0.190. The predicted molar refractivity (Wildman–Crippen MR) is 104 cm³/mol. The maximum absolute atomic E-state index is 12.3. The van der Waals surface area contributed by atoms with E-state index in [4.69, 9.17) is 14.9 Å². The molecule has 2 aromatic carbocycles. The van der Waals surface area contributed by atoms with Crippen LogP contribution >= 0.6 is 0 Å². The van der Waals surface area contributed by atoms with Crippen molar-refractivity contribution >= 4 is 22.8 Å². The highest BCUT2D eigenvalue weighted by atomic mass is 16.5. The van der Waals surface area contributed by atoms with Crippen molar-refractivity contribution in [1.29, 1.82) is 0 Å². The van der Waals surface area contributed by atoms with Gasteiger partial charge in [0.25, 0.3) is 0 Å². The van der Waals surface area contributed by atoms with E-state index in [-0.39, 0.29) is 18.7 Å². The number of nitrogens with two attached hydrogens (primary N) is 1. The molecule has 144 valence electrons. The first-order valence-electron chi connectivity index (χ1n) is 8.69. The summed E-state index contributed by atoms with van der Waals surface area (Å²) in [5, 5.41) is 3.29. The number of primary amides is 1. The molecule has 1 heterocycles. The molecule has 0 unspecified atom stereocenters. The first-order chi connectivity index (χ1) is 13.5. The molecular weight excluding hydrogens is 360 g/mol. The quantitative estimate of drug-likeness (QED) is 0.604. The van der Waals surface area contributed by atoms with Crippen LogP contribution in [0.15, 0.2) is 63.8 Å². The SMILES string of the molecule is COc1ccc2c(C[C@H](NC(=O)Cc3ccccc3)C(N)=O)cc(=O)oc2c1. The number of benzene rings is 2. The molecule has 1 aromatic heterocycles. The third kappa shape index (κ3) is 4.56. The maximum Gasteiger partial charge on any atom is 0.336 e. The van der Waals surface area contributed by atoms with Crippen LogP contribution in [-0.2, 0) is 22.4 Å². The van der Waals surface area contributed by atoms with Gasteiger partial charge in [0.2, 0.25) is 11.8 Å². The number of carbonyl (C=O) groups is 2. The molecule has 0 fully saturated rings. The zero-order valence-corrected chi connectivity index (χ0v) is 15.3. The normalized spacial score (nSPS) is 11.8. The second-order valence-corrected chi connectivity index (χ2v) is 6.34. The summed E-state index contributed by atoms with van der Waals surface area (Å²) in [5.41, 5.74) is 6.63. The Labute approximate surface area is 161 Å². The number of hydrogen-bond acceptors (Lipinski definition) is 5. The molecule has 2 amide bonds. The second-order valence-electron chi connectivity index (χ2n) is 6.34.